The molecule has 2 aliphatic heterocycles. The Labute approximate surface area is 91.2 Å². The summed E-state index contributed by atoms with van der Waals surface area (Å²) in [4.78, 5) is 13.5. The lowest BCUT2D eigenvalue weighted by atomic mass is 9.99. The second-order valence-electron chi connectivity index (χ2n) is 4.04. The van der Waals surface area contributed by atoms with Crippen LogP contribution in [0.4, 0.5) is 0 Å². The molecular formula is C10H18ClNO2. The molecule has 0 saturated carbocycles. The first-order valence-electron chi connectivity index (χ1n) is 5.21. The minimum Gasteiger partial charge on any atom is -0.461 e. The summed E-state index contributed by atoms with van der Waals surface area (Å²) < 4.78 is 5.39. The Morgan fingerprint density at radius 1 is 1.50 bits per heavy atom. The van der Waals surface area contributed by atoms with Crippen molar-refractivity contribution in [1.29, 1.82) is 0 Å². The molecule has 3 unspecified atom stereocenters. The van der Waals surface area contributed by atoms with Gasteiger partial charge >= 0.3 is 5.97 Å². The Morgan fingerprint density at radius 2 is 2.29 bits per heavy atom. The SMILES string of the molecule is CCC(=O)OC1CN2CCCC1C2.Cl. The molecule has 0 N–H and O–H groups in total. The average Bonchev–Trinajstić information content (AvgIpc) is 2.42. The molecule has 82 valence electrons. The van der Waals surface area contributed by atoms with Gasteiger partial charge in [0.1, 0.15) is 6.10 Å². The van der Waals surface area contributed by atoms with Crippen LogP contribution < -0.4 is 0 Å². The van der Waals surface area contributed by atoms with Gasteiger partial charge in [0.05, 0.1) is 0 Å². The molecule has 2 aliphatic rings. The summed E-state index contributed by atoms with van der Waals surface area (Å²) in [6, 6.07) is 0. The molecule has 2 saturated heterocycles. The van der Waals surface area contributed by atoms with Crippen LogP contribution in [0.3, 0.4) is 0 Å². The van der Waals surface area contributed by atoms with Gasteiger partial charge in [-0.25, -0.2) is 0 Å². The van der Waals surface area contributed by atoms with Crippen LogP contribution in [0.2, 0.25) is 0 Å². The first-order valence-corrected chi connectivity index (χ1v) is 5.21. The molecule has 0 aromatic heterocycles. The molecule has 2 bridgehead atoms. The van der Waals surface area contributed by atoms with Gasteiger partial charge in [-0.05, 0) is 19.4 Å². The van der Waals surface area contributed by atoms with Gasteiger partial charge in [-0.3, -0.25) is 9.69 Å². The lowest BCUT2D eigenvalue weighted by Gasteiger charge is -2.21. The van der Waals surface area contributed by atoms with E-state index in [1.165, 1.54) is 19.4 Å². The zero-order chi connectivity index (χ0) is 9.26. The summed E-state index contributed by atoms with van der Waals surface area (Å²) in [6.07, 6.45) is 3.20. The van der Waals surface area contributed by atoms with Crippen LogP contribution in [0.15, 0.2) is 0 Å². The molecule has 2 rings (SSSR count). The first kappa shape index (κ1) is 11.8. The Hall–Kier alpha value is -0.280. The van der Waals surface area contributed by atoms with E-state index < -0.39 is 0 Å². The number of rotatable bonds is 2. The number of halogens is 1. The molecule has 0 radical (unpaired) electrons. The van der Waals surface area contributed by atoms with Crippen LogP contribution in [-0.4, -0.2) is 36.6 Å². The zero-order valence-corrected chi connectivity index (χ0v) is 9.39. The Kier molecular flexibility index (Phi) is 4.20. The number of hydrogen-bond acceptors (Lipinski definition) is 3. The number of ether oxygens (including phenoxy) is 1. The standard InChI is InChI=1S/C10H17NO2.ClH/c1-2-10(12)13-9-7-11-5-3-4-8(9)6-11;/h8-9H,2-7H2,1H3;1H. The van der Waals surface area contributed by atoms with Crippen LogP contribution in [-0.2, 0) is 9.53 Å². The van der Waals surface area contributed by atoms with Gasteiger partial charge in [-0.15, -0.1) is 12.4 Å². The maximum absolute atomic E-state index is 11.1. The highest BCUT2D eigenvalue weighted by Gasteiger charge is 2.37. The van der Waals surface area contributed by atoms with Gasteiger partial charge in [0.2, 0.25) is 0 Å². The van der Waals surface area contributed by atoms with Crippen molar-refractivity contribution in [2.24, 2.45) is 5.92 Å². The summed E-state index contributed by atoms with van der Waals surface area (Å²) in [5, 5.41) is 0. The molecule has 0 spiro atoms. The van der Waals surface area contributed by atoms with Crippen molar-refractivity contribution in [3.8, 4) is 0 Å². The van der Waals surface area contributed by atoms with Gasteiger partial charge in [-0.2, -0.15) is 0 Å². The van der Waals surface area contributed by atoms with E-state index in [9.17, 15) is 4.79 Å². The van der Waals surface area contributed by atoms with E-state index in [4.69, 9.17) is 4.74 Å². The maximum Gasteiger partial charge on any atom is 0.305 e. The summed E-state index contributed by atoms with van der Waals surface area (Å²) >= 11 is 0. The second-order valence-corrected chi connectivity index (χ2v) is 4.04. The van der Waals surface area contributed by atoms with E-state index in [0.717, 1.165) is 13.1 Å². The molecular weight excluding hydrogens is 202 g/mol. The van der Waals surface area contributed by atoms with Crippen molar-refractivity contribution in [3.63, 3.8) is 0 Å². The van der Waals surface area contributed by atoms with E-state index in [-0.39, 0.29) is 24.5 Å². The average molecular weight is 220 g/mol. The Bertz CT molecular complexity index is 210. The van der Waals surface area contributed by atoms with E-state index >= 15 is 0 Å². The molecule has 2 heterocycles. The van der Waals surface area contributed by atoms with Crippen LogP contribution in [0.25, 0.3) is 0 Å². The van der Waals surface area contributed by atoms with E-state index in [2.05, 4.69) is 4.90 Å². The van der Waals surface area contributed by atoms with Crippen LogP contribution >= 0.6 is 12.4 Å². The molecule has 0 aromatic rings. The van der Waals surface area contributed by atoms with Crippen molar-refractivity contribution in [2.75, 3.05) is 19.6 Å². The highest BCUT2D eigenvalue weighted by Crippen LogP contribution is 2.29. The van der Waals surface area contributed by atoms with Crippen LogP contribution in [0.1, 0.15) is 26.2 Å². The molecule has 3 nitrogen and oxygen atoms in total. The number of carbonyl (C=O) groups is 1. The number of nitrogens with zero attached hydrogens (tertiary/aromatic N) is 1. The fraction of sp³-hybridized carbons (Fsp3) is 0.900. The Balaban J connectivity index is 0.000000980. The maximum atomic E-state index is 11.1. The van der Waals surface area contributed by atoms with E-state index in [0.29, 0.717) is 12.3 Å². The largest absolute Gasteiger partial charge is 0.461 e. The summed E-state index contributed by atoms with van der Waals surface area (Å²) in [6.45, 7) is 5.15. The van der Waals surface area contributed by atoms with Gasteiger partial charge < -0.3 is 4.74 Å². The van der Waals surface area contributed by atoms with Gasteiger partial charge in [0, 0.05) is 25.4 Å². The normalized spacial score (nSPS) is 34.8. The van der Waals surface area contributed by atoms with Crippen molar-refractivity contribution >= 4 is 18.4 Å². The van der Waals surface area contributed by atoms with Gasteiger partial charge in [0.25, 0.3) is 0 Å². The quantitative estimate of drug-likeness (QED) is 0.659. The van der Waals surface area contributed by atoms with Crippen molar-refractivity contribution in [2.45, 2.75) is 32.3 Å². The van der Waals surface area contributed by atoms with E-state index in [1.807, 2.05) is 6.92 Å². The number of hydrogen-bond donors (Lipinski definition) is 0. The number of piperidine rings is 1. The smallest absolute Gasteiger partial charge is 0.305 e. The fourth-order valence-corrected chi connectivity index (χ4v) is 2.35. The van der Waals surface area contributed by atoms with Gasteiger partial charge in [-0.1, -0.05) is 6.92 Å². The fourth-order valence-electron chi connectivity index (χ4n) is 2.35. The lowest BCUT2D eigenvalue weighted by Crippen LogP contribution is -2.26. The third-order valence-electron chi connectivity index (χ3n) is 3.08. The number of carbonyl (C=O) groups excluding carboxylic acids is 1. The van der Waals surface area contributed by atoms with Gasteiger partial charge in [0.15, 0.2) is 0 Å². The second kappa shape index (κ2) is 4.99. The summed E-state index contributed by atoms with van der Waals surface area (Å²) in [5.74, 6) is 0.572. The Morgan fingerprint density at radius 3 is 2.93 bits per heavy atom. The molecule has 0 amide bonds. The zero-order valence-electron chi connectivity index (χ0n) is 8.57. The summed E-state index contributed by atoms with van der Waals surface area (Å²) in [7, 11) is 0. The van der Waals surface area contributed by atoms with Crippen LogP contribution in [0.5, 0.6) is 0 Å². The minimum atomic E-state index is -0.0428. The molecule has 2 fully saturated rings. The highest BCUT2D eigenvalue weighted by atomic mass is 35.5. The predicted molar refractivity (Wildman–Crippen MR) is 56.6 cm³/mol. The molecule has 14 heavy (non-hydrogen) atoms. The molecule has 0 aliphatic carbocycles. The van der Waals surface area contributed by atoms with E-state index in [1.54, 1.807) is 0 Å². The minimum absolute atomic E-state index is 0. The molecule has 4 heteroatoms. The monoisotopic (exact) mass is 219 g/mol. The first-order chi connectivity index (χ1) is 6.29. The predicted octanol–water partition coefficient (Wildman–Crippen LogP) is 1.46. The number of fused-ring (bicyclic) bond motifs is 2. The molecule has 0 aromatic carbocycles. The van der Waals surface area contributed by atoms with Crippen molar-refractivity contribution in [1.82, 2.24) is 4.90 Å². The topological polar surface area (TPSA) is 29.5 Å². The van der Waals surface area contributed by atoms with Crippen molar-refractivity contribution in [3.05, 3.63) is 0 Å². The summed E-state index contributed by atoms with van der Waals surface area (Å²) in [5.41, 5.74) is 0. The third-order valence-corrected chi connectivity index (χ3v) is 3.08. The number of esters is 1. The highest BCUT2D eigenvalue weighted by molar-refractivity contribution is 5.85. The lowest BCUT2D eigenvalue weighted by molar-refractivity contribution is -0.149. The third kappa shape index (κ3) is 2.39. The van der Waals surface area contributed by atoms with Crippen LogP contribution in [0, 0.1) is 5.92 Å². The van der Waals surface area contributed by atoms with Crippen molar-refractivity contribution < 1.29 is 9.53 Å². The molecule has 3 atom stereocenters.